The van der Waals surface area contributed by atoms with E-state index in [9.17, 15) is 4.79 Å². The molecule has 0 radical (unpaired) electrons. The Hall–Kier alpha value is -1.50. The SMILES string of the molecule is CCCC(C)NC(=O)C1CCCN(c2cc(N3CCSCC3)ncn2)C1. The zero-order valence-electron chi connectivity index (χ0n) is 16.0. The van der Waals surface area contributed by atoms with Crippen molar-refractivity contribution in [2.45, 2.75) is 45.6 Å². The number of thioether (sulfide) groups is 1. The van der Waals surface area contributed by atoms with Gasteiger partial charge in [-0.2, -0.15) is 11.8 Å². The second-order valence-corrected chi connectivity index (χ2v) is 8.54. The monoisotopic (exact) mass is 377 g/mol. The van der Waals surface area contributed by atoms with Crippen molar-refractivity contribution in [3.8, 4) is 0 Å². The van der Waals surface area contributed by atoms with E-state index >= 15 is 0 Å². The van der Waals surface area contributed by atoms with Crippen molar-refractivity contribution < 1.29 is 4.79 Å². The molecule has 1 N–H and O–H groups in total. The summed E-state index contributed by atoms with van der Waals surface area (Å²) in [5.41, 5.74) is 0. The first kappa shape index (κ1) is 19.3. The highest BCUT2D eigenvalue weighted by atomic mass is 32.2. The number of anilines is 2. The molecule has 2 saturated heterocycles. The quantitative estimate of drug-likeness (QED) is 0.822. The van der Waals surface area contributed by atoms with Crippen LogP contribution in [0.3, 0.4) is 0 Å². The van der Waals surface area contributed by atoms with Gasteiger partial charge in [-0.25, -0.2) is 9.97 Å². The molecule has 0 saturated carbocycles. The van der Waals surface area contributed by atoms with Crippen LogP contribution in [0.2, 0.25) is 0 Å². The summed E-state index contributed by atoms with van der Waals surface area (Å²) >= 11 is 2.00. The summed E-state index contributed by atoms with van der Waals surface area (Å²) in [5.74, 6) is 4.51. The van der Waals surface area contributed by atoms with E-state index in [0.717, 1.165) is 75.0 Å². The van der Waals surface area contributed by atoms with E-state index in [2.05, 4.69) is 45.0 Å². The molecule has 2 atom stereocenters. The normalized spacial score (nSPS) is 22.2. The Morgan fingerprint density at radius 1 is 1.27 bits per heavy atom. The number of aromatic nitrogens is 2. The minimum absolute atomic E-state index is 0.0489. The molecule has 26 heavy (non-hydrogen) atoms. The highest BCUT2D eigenvalue weighted by Gasteiger charge is 2.27. The van der Waals surface area contributed by atoms with Gasteiger partial charge in [0.2, 0.25) is 5.91 Å². The molecule has 1 aromatic rings. The van der Waals surface area contributed by atoms with Crippen molar-refractivity contribution in [3.05, 3.63) is 12.4 Å². The van der Waals surface area contributed by atoms with Gasteiger partial charge >= 0.3 is 0 Å². The average Bonchev–Trinajstić information content (AvgIpc) is 2.69. The van der Waals surface area contributed by atoms with Crippen LogP contribution < -0.4 is 15.1 Å². The van der Waals surface area contributed by atoms with Crippen molar-refractivity contribution in [1.29, 1.82) is 0 Å². The lowest BCUT2D eigenvalue weighted by atomic mass is 9.96. The van der Waals surface area contributed by atoms with Crippen LogP contribution in [0, 0.1) is 5.92 Å². The van der Waals surface area contributed by atoms with Gasteiger partial charge in [0, 0.05) is 49.8 Å². The predicted molar refractivity (Wildman–Crippen MR) is 109 cm³/mol. The van der Waals surface area contributed by atoms with Gasteiger partial charge in [0.15, 0.2) is 0 Å². The summed E-state index contributed by atoms with van der Waals surface area (Å²) in [6.45, 7) is 8.04. The molecule has 2 aliphatic rings. The van der Waals surface area contributed by atoms with Gasteiger partial charge < -0.3 is 15.1 Å². The number of rotatable bonds is 6. The molecule has 0 bridgehead atoms. The third-order valence-electron chi connectivity index (χ3n) is 5.20. The smallest absolute Gasteiger partial charge is 0.225 e. The first-order valence-electron chi connectivity index (χ1n) is 9.87. The zero-order valence-corrected chi connectivity index (χ0v) is 16.8. The molecule has 1 amide bonds. The van der Waals surface area contributed by atoms with Gasteiger partial charge in [-0.1, -0.05) is 13.3 Å². The van der Waals surface area contributed by atoms with Crippen LogP contribution in [0.1, 0.15) is 39.5 Å². The van der Waals surface area contributed by atoms with Crippen LogP contribution in [0.4, 0.5) is 11.6 Å². The summed E-state index contributed by atoms with van der Waals surface area (Å²) in [6.07, 6.45) is 5.78. The molecular formula is C19H31N5OS. The van der Waals surface area contributed by atoms with E-state index in [-0.39, 0.29) is 17.9 Å². The van der Waals surface area contributed by atoms with Gasteiger partial charge in [-0.3, -0.25) is 4.79 Å². The van der Waals surface area contributed by atoms with E-state index in [0.29, 0.717) is 0 Å². The van der Waals surface area contributed by atoms with Crippen molar-refractivity contribution >= 4 is 29.3 Å². The summed E-state index contributed by atoms with van der Waals surface area (Å²) in [5, 5.41) is 3.18. The molecule has 0 aromatic carbocycles. The molecular weight excluding hydrogens is 346 g/mol. The third kappa shape index (κ3) is 5.02. The molecule has 2 aliphatic heterocycles. The third-order valence-corrected chi connectivity index (χ3v) is 6.14. The fourth-order valence-corrected chi connectivity index (χ4v) is 4.64. The molecule has 0 spiro atoms. The summed E-state index contributed by atoms with van der Waals surface area (Å²) in [4.78, 5) is 26.1. The Kier molecular flexibility index (Phi) is 7.00. The minimum atomic E-state index is 0.0489. The Bertz CT molecular complexity index is 593. The second kappa shape index (κ2) is 9.44. The maximum absolute atomic E-state index is 12.6. The number of carbonyl (C=O) groups is 1. The van der Waals surface area contributed by atoms with E-state index in [4.69, 9.17) is 0 Å². The Labute approximate surface area is 161 Å². The number of amides is 1. The molecule has 144 valence electrons. The second-order valence-electron chi connectivity index (χ2n) is 7.32. The highest BCUT2D eigenvalue weighted by molar-refractivity contribution is 7.99. The van der Waals surface area contributed by atoms with Gasteiger partial charge in [0.05, 0.1) is 5.92 Å². The molecule has 2 unspecified atom stereocenters. The predicted octanol–water partition coefficient (Wildman–Crippen LogP) is 2.55. The Morgan fingerprint density at radius 2 is 2.00 bits per heavy atom. The first-order chi connectivity index (χ1) is 12.7. The van der Waals surface area contributed by atoms with Gasteiger partial charge in [0.25, 0.3) is 0 Å². The Balaban J connectivity index is 1.63. The number of carbonyl (C=O) groups excluding carboxylic acids is 1. The van der Waals surface area contributed by atoms with Crippen LogP contribution >= 0.6 is 11.8 Å². The number of nitrogens with zero attached hydrogens (tertiary/aromatic N) is 4. The van der Waals surface area contributed by atoms with Crippen LogP contribution in [0.5, 0.6) is 0 Å². The standard InChI is InChI=1S/C19H31N5OS/c1-3-5-15(2)22-19(25)16-6-4-7-24(13-16)18-12-17(20-14-21-18)23-8-10-26-11-9-23/h12,14-16H,3-11,13H2,1-2H3,(H,22,25). The minimum Gasteiger partial charge on any atom is -0.356 e. The maximum Gasteiger partial charge on any atom is 0.225 e. The van der Waals surface area contributed by atoms with E-state index < -0.39 is 0 Å². The molecule has 3 heterocycles. The summed E-state index contributed by atoms with van der Waals surface area (Å²) < 4.78 is 0. The lowest BCUT2D eigenvalue weighted by Crippen LogP contribution is -2.45. The number of nitrogens with one attached hydrogen (secondary N) is 1. The highest BCUT2D eigenvalue weighted by Crippen LogP contribution is 2.25. The fraction of sp³-hybridized carbons (Fsp3) is 0.737. The van der Waals surface area contributed by atoms with Crippen molar-refractivity contribution in [3.63, 3.8) is 0 Å². The summed E-state index contributed by atoms with van der Waals surface area (Å²) in [7, 11) is 0. The lowest BCUT2D eigenvalue weighted by Gasteiger charge is -2.34. The Morgan fingerprint density at radius 3 is 2.73 bits per heavy atom. The molecule has 2 fully saturated rings. The number of piperidine rings is 1. The first-order valence-corrected chi connectivity index (χ1v) is 11.0. The van der Waals surface area contributed by atoms with Crippen LogP contribution in [0.25, 0.3) is 0 Å². The molecule has 7 heteroatoms. The summed E-state index contributed by atoms with van der Waals surface area (Å²) in [6, 6.07) is 2.35. The fourth-order valence-electron chi connectivity index (χ4n) is 3.74. The van der Waals surface area contributed by atoms with Crippen LogP contribution in [-0.2, 0) is 4.79 Å². The van der Waals surface area contributed by atoms with Crippen molar-refractivity contribution in [2.75, 3.05) is 47.5 Å². The zero-order chi connectivity index (χ0) is 18.4. The largest absolute Gasteiger partial charge is 0.356 e. The maximum atomic E-state index is 12.6. The number of hydrogen-bond acceptors (Lipinski definition) is 6. The average molecular weight is 378 g/mol. The number of hydrogen-bond donors (Lipinski definition) is 1. The van der Waals surface area contributed by atoms with Crippen LogP contribution in [-0.4, -0.2) is 59.6 Å². The van der Waals surface area contributed by atoms with Crippen molar-refractivity contribution in [1.82, 2.24) is 15.3 Å². The molecule has 1 aromatic heterocycles. The van der Waals surface area contributed by atoms with E-state index in [1.54, 1.807) is 6.33 Å². The molecule has 3 rings (SSSR count). The topological polar surface area (TPSA) is 61.4 Å². The molecule has 0 aliphatic carbocycles. The van der Waals surface area contributed by atoms with Gasteiger partial charge in [0.1, 0.15) is 18.0 Å². The van der Waals surface area contributed by atoms with Gasteiger partial charge in [-0.15, -0.1) is 0 Å². The van der Waals surface area contributed by atoms with Crippen molar-refractivity contribution in [2.24, 2.45) is 5.92 Å². The van der Waals surface area contributed by atoms with E-state index in [1.165, 1.54) is 0 Å². The van der Waals surface area contributed by atoms with E-state index in [1.807, 2.05) is 11.8 Å². The van der Waals surface area contributed by atoms with Gasteiger partial charge in [-0.05, 0) is 26.2 Å². The van der Waals surface area contributed by atoms with Crippen LogP contribution in [0.15, 0.2) is 12.4 Å². The lowest BCUT2D eigenvalue weighted by molar-refractivity contribution is -0.125. The molecule has 6 nitrogen and oxygen atoms in total.